The highest BCUT2D eigenvalue weighted by Gasteiger charge is 2.08. The van der Waals surface area contributed by atoms with E-state index in [1.165, 1.54) is 18.2 Å². The summed E-state index contributed by atoms with van der Waals surface area (Å²) in [5.41, 5.74) is 0.168. The highest BCUT2D eigenvalue weighted by atomic mass is 19.2. The van der Waals surface area contributed by atoms with Crippen molar-refractivity contribution in [3.8, 4) is 5.75 Å². The van der Waals surface area contributed by atoms with Gasteiger partial charge in [-0.2, -0.15) is 4.39 Å². The Hall–Kier alpha value is -1.91. The fraction of sp³-hybridized carbons (Fsp3) is 0.250. The average molecular weight is 242 g/mol. The van der Waals surface area contributed by atoms with Gasteiger partial charge in [0.25, 0.3) is 0 Å². The van der Waals surface area contributed by atoms with E-state index in [9.17, 15) is 13.6 Å². The third-order valence-electron chi connectivity index (χ3n) is 2.14. The molecule has 1 aromatic rings. The van der Waals surface area contributed by atoms with Crippen LogP contribution in [0.4, 0.5) is 8.78 Å². The summed E-state index contributed by atoms with van der Waals surface area (Å²) >= 11 is 0. The molecule has 0 heterocycles. The lowest BCUT2D eigenvalue weighted by Crippen LogP contribution is -2.04. The summed E-state index contributed by atoms with van der Waals surface area (Å²) in [7, 11) is 0. The Morgan fingerprint density at radius 1 is 1.47 bits per heavy atom. The lowest BCUT2D eigenvalue weighted by atomic mass is 10.2. The lowest BCUT2D eigenvalue weighted by molar-refractivity contribution is -0.132. The van der Waals surface area contributed by atoms with E-state index >= 15 is 0 Å². The molecule has 0 saturated heterocycles. The van der Waals surface area contributed by atoms with Crippen LogP contribution in [0.2, 0.25) is 0 Å². The summed E-state index contributed by atoms with van der Waals surface area (Å²) in [6, 6.07) is 3.57. The molecule has 1 aromatic carbocycles. The number of benzene rings is 1. The molecule has 0 unspecified atom stereocenters. The number of ether oxygens (including phenoxy) is 1. The zero-order valence-electron chi connectivity index (χ0n) is 9.24. The van der Waals surface area contributed by atoms with Crippen LogP contribution < -0.4 is 4.74 Å². The molecular weight excluding hydrogens is 230 g/mol. The number of aliphatic carboxylic acids is 1. The molecule has 17 heavy (non-hydrogen) atoms. The van der Waals surface area contributed by atoms with Crippen LogP contribution in [0.1, 0.15) is 13.3 Å². The minimum absolute atomic E-state index is 0.115. The second-order valence-electron chi connectivity index (χ2n) is 3.25. The first-order valence-electron chi connectivity index (χ1n) is 5.05. The molecule has 1 rings (SSSR count). The van der Waals surface area contributed by atoms with Crippen LogP contribution >= 0.6 is 0 Å². The Balaban J connectivity index is 2.68. The predicted octanol–water partition coefficient (Wildman–Crippen LogP) is 2.76. The third kappa shape index (κ3) is 3.55. The van der Waals surface area contributed by atoms with E-state index in [1.54, 1.807) is 6.92 Å². The van der Waals surface area contributed by atoms with E-state index in [0.29, 0.717) is 6.42 Å². The molecule has 0 bridgehead atoms. The highest BCUT2D eigenvalue weighted by Crippen LogP contribution is 2.19. The van der Waals surface area contributed by atoms with Gasteiger partial charge >= 0.3 is 5.97 Å². The summed E-state index contributed by atoms with van der Waals surface area (Å²) in [5, 5.41) is 8.71. The average Bonchev–Trinajstić information content (AvgIpc) is 2.29. The zero-order valence-corrected chi connectivity index (χ0v) is 9.24. The summed E-state index contributed by atoms with van der Waals surface area (Å²) in [6.45, 7) is 1.57. The van der Waals surface area contributed by atoms with E-state index < -0.39 is 17.6 Å². The van der Waals surface area contributed by atoms with Gasteiger partial charge in [-0.1, -0.05) is 13.0 Å². The second-order valence-corrected chi connectivity index (χ2v) is 3.25. The Labute approximate surface area is 97.3 Å². The van der Waals surface area contributed by atoms with Gasteiger partial charge < -0.3 is 9.84 Å². The van der Waals surface area contributed by atoms with Crippen LogP contribution in [0.3, 0.4) is 0 Å². The minimum atomic E-state index is -1.07. The summed E-state index contributed by atoms with van der Waals surface area (Å²) in [6.07, 6.45) is 1.66. The van der Waals surface area contributed by atoms with Crippen molar-refractivity contribution in [3.05, 3.63) is 41.5 Å². The number of carboxylic acids is 1. The van der Waals surface area contributed by atoms with Crippen molar-refractivity contribution < 1.29 is 23.4 Å². The molecule has 3 nitrogen and oxygen atoms in total. The van der Waals surface area contributed by atoms with Crippen molar-refractivity contribution in [1.29, 1.82) is 0 Å². The van der Waals surface area contributed by atoms with Crippen LogP contribution in [-0.2, 0) is 4.79 Å². The van der Waals surface area contributed by atoms with E-state index in [2.05, 4.69) is 0 Å². The Kier molecular flexibility index (Phi) is 4.63. The maximum Gasteiger partial charge on any atom is 0.331 e. The third-order valence-corrected chi connectivity index (χ3v) is 2.14. The van der Waals surface area contributed by atoms with Gasteiger partial charge in [-0.05, 0) is 24.6 Å². The van der Waals surface area contributed by atoms with Gasteiger partial charge in [0.1, 0.15) is 6.61 Å². The minimum Gasteiger partial charge on any atom is -0.486 e. The number of carboxylic acid groups (broad SMARTS) is 1. The van der Waals surface area contributed by atoms with E-state index in [1.807, 2.05) is 0 Å². The zero-order chi connectivity index (χ0) is 12.8. The smallest absolute Gasteiger partial charge is 0.331 e. The van der Waals surface area contributed by atoms with Crippen molar-refractivity contribution in [2.45, 2.75) is 13.3 Å². The van der Waals surface area contributed by atoms with Crippen LogP contribution in [0, 0.1) is 11.6 Å². The first kappa shape index (κ1) is 13.2. The fourth-order valence-corrected chi connectivity index (χ4v) is 1.21. The monoisotopic (exact) mass is 242 g/mol. The molecule has 0 fully saturated rings. The van der Waals surface area contributed by atoms with Crippen LogP contribution in [0.5, 0.6) is 5.75 Å². The number of hydrogen-bond donors (Lipinski definition) is 1. The Morgan fingerprint density at radius 2 is 2.18 bits per heavy atom. The van der Waals surface area contributed by atoms with Crippen molar-refractivity contribution in [2.75, 3.05) is 6.61 Å². The standard InChI is InChI=1S/C12H12F2O3/c1-2-8(12(15)16)6-7-17-10-5-3-4-9(13)11(10)14/h3-6H,2,7H2,1H3,(H,15,16). The fourth-order valence-electron chi connectivity index (χ4n) is 1.21. The van der Waals surface area contributed by atoms with E-state index in [0.717, 1.165) is 6.07 Å². The molecule has 5 heteroatoms. The predicted molar refractivity (Wildman–Crippen MR) is 57.9 cm³/mol. The second kappa shape index (κ2) is 5.98. The molecular formula is C12H12F2O3. The molecule has 0 amide bonds. The summed E-state index contributed by atoms with van der Waals surface area (Å²) < 4.78 is 30.9. The molecule has 92 valence electrons. The number of halogens is 2. The Morgan fingerprint density at radius 3 is 2.76 bits per heavy atom. The maximum atomic E-state index is 13.1. The SMILES string of the molecule is CCC(=CCOc1cccc(F)c1F)C(=O)O. The molecule has 0 aromatic heterocycles. The first-order chi connectivity index (χ1) is 8.06. The molecule has 0 aliphatic heterocycles. The number of hydrogen-bond acceptors (Lipinski definition) is 2. The molecule has 0 aliphatic rings. The van der Waals surface area contributed by atoms with Crippen molar-refractivity contribution in [2.24, 2.45) is 0 Å². The van der Waals surface area contributed by atoms with Gasteiger partial charge in [-0.3, -0.25) is 0 Å². The van der Waals surface area contributed by atoms with E-state index in [-0.39, 0.29) is 17.9 Å². The summed E-state index contributed by atoms with van der Waals surface area (Å²) in [4.78, 5) is 10.6. The normalized spacial score (nSPS) is 11.4. The first-order valence-corrected chi connectivity index (χ1v) is 5.05. The molecule has 0 radical (unpaired) electrons. The highest BCUT2D eigenvalue weighted by molar-refractivity contribution is 5.86. The Bertz CT molecular complexity index is 441. The molecule has 0 spiro atoms. The van der Waals surface area contributed by atoms with Crippen LogP contribution in [0.15, 0.2) is 29.8 Å². The van der Waals surface area contributed by atoms with Crippen molar-refractivity contribution >= 4 is 5.97 Å². The molecule has 0 aliphatic carbocycles. The van der Waals surface area contributed by atoms with Gasteiger partial charge in [0.05, 0.1) is 0 Å². The van der Waals surface area contributed by atoms with Crippen LogP contribution in [-0.4, -0.2) is 17.7 Å². The van der Waals surface area contributed by atoms with Crippen molar-refractivity contribution in [1.82, 2.24) is 0 Å². The summed E-state index contributed by atoms with van der Waals surface area (Å²) in [5.74, 6) is -3.35. The van der Waals surface area contributed by atoms with E-state index in [4.69, 9.17) is 9.84 Å². The largest absolute Gasteiger partial charge is 0.486 e. The van der Waals surface area contributed by atoms with Gasteiger partial charge in [0, 0.05) is 5.57 Å². The topological polar surface area (TPSA) is 46.5 Å². The van der Waals surface area contributed by atoms with Crippen LogP contribution in [0.25, 0.3) is 0 Å². The quantitative estimate of drug-likeness (QED) is 0.807. The van der Waals surface area contributed by atoms with Gasteiger partial charge in [0.2, 0.25) is 5.82 Å². The maximum absolute atomic E-state index is 13.1. The van der Waals surface area contributed by atoms with Gasteiger partial charge in [0.15, 0.2) is 11.6 Å². The molecule has 0 saturated carbocycles. The van der Waals surface area contributed by atoms with Gasteiger partial charge in [-0.25, -0.2) is 9.18 Å². The number of carbonyl (C=O) groups is 1. The van der Waals surface area contributed by atoms with Gasteiger partial charge in [-0.15, -0.1) is 0 Å². The molecule has 1 N–H and O–H groups in total. The lowest BCUT2D eigenvalue weighted by Gasteiger charge is -2.05. The number of rotatable bonds is 5. The van der Waals surface area contributed by atoms with Crippen molar-refractivity contribution in [3.63, 3.8) is 0 Å². The molecule has 0 atom stereocenters.